The van der Waals surface area contributed by atoms with Crippen molar-refractivity contribution >= 4 is 40.0 Å². The number of pyridine rings is 1. The number of rotatable bonds is 3. The van der Waals surface area contributed by atoms with Gasteiger partial charge in [-0.25, -0.2) is 4.99 Å². The number of H-pyrrole nitrogens is 1. The first-order valence-electron chi connectivity index (χ1n) is 4.57. The lowest BCUT2D eigenvalue weighted by atomic mass is 10.2. The highest BCUT2D eigenvalue weighted by Crippen LogP contribution is 2.33. The number of aryl methyl sites for hydroxylation is 1. The normalized spacial score (nSPS) is 11.1. The van der Waals surface area contributed by atoms with Gasteiger partial charge in [0.05, 0.1) is 17.4 Å². The van der Waals surface area contributed by atoms with Gasteiger partial charge < -0.3 is 10.3 Å². The van der Waals surface area contributed by atoms with Gasteiger partial charge in [-0.1, -0.05) is 0 Å². The fourth-order valence-electron chi connectivity index (χ4n) is 1.43. The molecule has 2 aromatic rings. The van der Waals surface area contributed by atoms with Gasteiger partial charge in [0.2, 0.25) is 6.41 Å². The van der Waals surface area contributed by atoms with E-state index >= 15 is 0 Å². The van der Waals surface area contributed by atoms with Crippen molar-refractivity contribution in [3.8, 4) is 0 Å². The van der Waals surface area contributed by atoms with Gasteiger partial charge in [-0.15, -0.1) is 11.3 Å². The summed E-state index contributed by atoms with van der Waals surface area (Å²) < 4.78 is 0. The van der Waals surface area contributed by atoms with Crippen LogP contribution in [0, 0.1) is 6.92 Å². The summed E-state index contributed by atoms with van der Waals surface area (Å²) in [6.45, 7) is 1.88. The van der Waals surface area contributed by atoms with Crippen molar-refractivity contribution in [1.82, 2.24) is 10.3 Å². The Bertz CT molecular complexity index is 612. The van der Waals surface area contributed by atoms with E-state index in [0.29, 0.717) is 17.5 Å². The van der Waals surface area contributed by atoms with Gasteiger partial charge in [0.25, 0.3) is 0 Å². The topological polar surface area (TPSA) is 74.3 Å². The highest BCUT2D eigenvalue weighted by Gasteiger charge is 2.10. The van der Waals surface area contributed by atoms with Gasteiger partial charge in [0, 0.05) is 17.1 Å². The van der Waals surface area contributed by atoms with Crippen molar-refractivity contribution in [2.75, 3.05) is 0 Å². The van der Waals surface area contributed by atoms with E-state index in [2.05, 4.69) is 15.3 Å². The Morgan fingerprint density at radius 2 is 2.38 bits per heavy atom. The Labute approximate surface area is 94.8 Å². The number of nitrogens with one attached hydrogen (secondary N) is 2. The average molecular weight is 235 g/mol. The van der Waals surface area contributed by atoms with Gasteiger partial charge in [0.15, 0.2) is 5.43 Å². The SMILES string of the molecule is Cc1sc2[nH]ccc(=O)c2c1N=CNC=O. The number of amides is 1. The van der Waals surface area contributed by atoms with Crippen molar-refractivity contribution in [2.45, 2.75) is 6.92 Å². The number of carbonyl (C=O) groups is 1. The third-order valence-electron chi connectivity index (χ3n) is 2.08. The Morgan fingerprint density at radius 3 is 3.12 bits per heavy atom. The molecule has 0 spiro atoms. The second kappa shape index (κ2) is 4.28. The predicted octanol–water partition coefficient (Wildman–Crippen LogP) is 1.30. The minimum Gasteiger partial charge on any atom is -0.353 e. The molecule has 0 aromatic carbocycles. The molecule has 16 heavy (non-hydrogen) atoms. The number of aromatic amines is 1. The summed E-state index contributed by atoms with van der Waals surface area (Å²) >= 11 is 1.47. The van der Waals surface area contributed by atoms with E-state index < -0.39 is 0 Å². The third-order valence-corrected chi connectivity index (χ3v) is 3.11. The molecule has 0 atom stereocenters. The minimum atomic E-state index is -0.0728. The Hall–Kier alpha value is -1.95. The monoisotopic (exact) mass is 235 g/mol. The van der Waals surface area contributed by atoms with Crippen LogP contribution < -0.4 is 10.7 Å². The van der Waals surface area contributed by atoms with E-state index in [-0.39, 0.29) is 5.43 Å². The Morgan fingerprint density at radius 1 is 1.56 bits per heavy atom. The molecule has 0 aliphatic heterocycles. The van der Waals surface area contributed by atoms with E-state index in [0.717, 1.165) is 9.71 Å². The highest BCUT2D eigenvalue weighted by molar-refractivity contribution is 7.19. The number of hydrogen-bond acceptors (Lipinski definition) is 4. The van der Waals surface area contributed by atoms with Crippen LogP contribution in [0.5, 0.6) is 0 Å². The zero-order chi connectivity index (χ0) is 11.5. The molecular weight excluding hydrogens is 226 g/mol. The summed E-state index contributed by atoms with van der Waals surface area (Å²) in [5, 5.41) is 2.88. The summed E-state index contributed by atoms with van der Waals surface area (Å²) in [7, 11) is 0. The van der Waals surface area contributed by atoms with Crippen LogP contribution in [0.15, 0.2) is 22.1 Å². The molecule has 0 bridgehead atoms. The quantitative estimate of drug-likeness (QED) is 0.478. The van der Waals surface area contributed by atoms with Gasteiger partial charge >= 0.3 is 0 Å². The standard InChI is InChI=1S/C10H9N3O2S/c1-6-9(13-4-11-5-14)8-7(15)2-3-12-10(8)16-6/h2-5H,1H3,(H,12,15)(H,11,13,14). The molecule has 0 saturated heterocycles. The maximum absolute atomic E-state index is 11.7. The molecule has 2 heterocycles. The molecule has 0 radical (unpaired) electrons. The van der Waals surface area contributed by atoms with Crippen LogP contribution in [-0.2, 0) is 4.79 Å². The van der Waals surface area contributed by atoms with Crippen molar-refractivity contribution < 1.29 is 4.79 Å². The van der Waals surface area contributed by atoms with Crippen LogP contribution in [0.1, 0.15) is 4.88 Å². The number of hydrogen-bond donors (Lipinski definition) is 2. The second-order valence-electron chi connectivity index (χ2n) is 3.10. The average Bonchev–Trinajstić information content (AvgIpc) is 2.57. The van der Waals surface area contributed by atoms with Crippen LogP contribution in [0.25, 0.3) is 10.2 Å². The zero-order valence-electron chi connectivity index (χ0n) is 8.48. The van der Waals surface area contributed by atoms with Gasteiger partial charge in [-0.05, 0) is 6.92 Å². The molecule has 0 fully saturated rings. The lowest BCUT2D eigenvalue weighted by molar-refractivity contribution is -0.108. The summed E-state index contributed by atoms with van der Waals surface area (Å²) in [5.74, 6) is 0. The Kier molecular flexibility index (Phi) is 2.82. The zero-order valence-corrected chi connectivity index (χ0v) is 9.30. The van der Waals surface area contributed by atoms with Crippen molar-refractivity contribution in [1.29, 1.82) is 0 Å². The summed E-state index contributed by atoms with van der Waals surface area (Å²) in [6, 6.07) is 1.46. The van der Waals surface area contributed by atoms with Crippen molar-refractivity contribution in [3.63, 3.8) is 0 Å². The van der Waals surface area contributed by atoms with Gasteiger partial charge in [-0.2, -0.15) is 0 Å². The predicted molar refractivity (Wildman–Crippen MR) is 64.5 cm³/mol. The molecule has 6 heteroatoms. The fourth-order valence-corrected chi connectivity index (χ4v) is 2.41. The largest absolute Gasteiger partial charge is 0.353 e. The number of carbonyl (C=O) groups excluding carboxylic acids is 1. The fraction of sp³-hybridized carbons (Fsp3) is 0.100. The molecule has 0 saturated carbocycles. The summed E-state index contributed by atoms with van der Waals surface area (Å²) in [5.41, 5.74) is 0.535. The lowest BCUT2D eigenvalue weighted by Gasteiger charge is -1.91. The highest BCUT2D eigenvalue weighted by atomic mass is 32.1. The molecule has 2 aromatic heterocycles. The summed E-state index contributed by atoms with van der Waals surface area (Å²) in [6.07, 6.45) is 3.41. The number of aliphatic imine (C=N–C) groups is 1. The van der Waals surface area contributed by atoms with Crippen LogP contribution in [-0.4, -0.2) is 17.7 Å². The molecule has 0 unspecified atom stereocenters. The maximum atomic E-state index is 11.7. The molecule has 0 aliphatic carbocycles. The van der Waals surface area contributed by atoms with Crippen molar-refractivity contribution in [2.24, 2.45) is 4.99 Å². The number of nitrogens with zero attached hydrogens (tertiary/aromatic N) is 1. The molecular formula is C10H9N3O2S. The van der Waals surface area contributed by atoms with Crippen molar-refractivity contribution in [3.05, 3.63) is 27.4 Å². The van der Waals surface area contributed by atoms with Crippen LogP contribution in [0.3, 0.4) is 0 Å². The first-order chi connectivity index (χ1) is 7.74. The van der Waals surface area contributed by atoms with Gasteiger partial charge in [0.1, 0.15) is 4.83 Å². The number of fused-ring (bicyclic) bond motifs is 1. The van der Waals surface area contributed by atoms with E-state index in [4.69, 9.17) is 0 Å². The Balaban J connectivity index is 2.63. The second-order valence-corrected chi connectivity index (χ2v) is 4.32. The van der Waals surface area contributed by atoms with E-state index in [1.54, 1.807) is 6.20 Å². The van der Waals surface area contributed by atoms with Crippen LogP contribution in [0.4, 0.5) is 5.69 Å². The van der Waals surface area contributed by atoms with Crippen LogP contribution in [0.2, 0.25) is 0 Å². The molecule has 82 valence electrons. The molecule has 5 nitrogen and oxygen atoms in total. The first kappa shape index (κ1) is 10.6. The van der Waals surface area contributed by atoms with E-state index in [1.165, 1.54) is 23.7 Å². The van der Waals surface area contributed by atoms with Crippen LogP contribution >= 0.6 is 11.3 Å². The molecule has 2 N–H and O–H groups in total. The van der Waals surface area contributed by atoms with Gasteiger partial charge in [-0.3, -0.25) is 9.59 Å². The number of aromatic nitrogens is 1. The van der Waals surface area contributed by atoms with E-state index in [9.17, 15) is 9.59 Å². The lowest BCUT2D eigenvalue weighted by Crippen LogP contribution is -2.06. The smallest absolute Gasteiger partial charge is 0.212 e. The summed E-state index contributed by atoms with van der Waals surface area (Å²) in [4.78, 5) is 30.5. The third kappa shape index (κ3) is 1.74. The van der Waals surface area contributed by atoms with E-state index in [1.807, 2.05) is 6.92 Å². The number of thiophene rings is 1. The minimum absolute atomic E-state index is 0.0728. The molecule has 2 rings (SSSR count). The first-order valence-corrected chi connectivity index (χ1v) is 5.38. The molecule has 1 amide bonds. The maximum Gasteiger partial charge on any atom is 0.212 e. The molecule has 0 aliphatic rings.